The van der Waals surface area contributed by atoms with Gasteiger partial charge in [-0.25, -0.2) is 4.79 Å². The highest BCUT2D eigenvalue weighted by Gasteiger charge is 2.25. The minimum Gasteiger partial charge on any atom is -0.453 e. The van der Waals surface area contributed by atoms with Crippen molar-refractivity contribution in [2.45, 2.75) is 12.5 Å². The van der Waals surface area contributed by atoms with E-state index in [1.165, 1.54) is 7.11 Å². The predicted molar refractivity (Wildman–Crippen MR) is 68.1 cm³/mol. The molecule has 1 fully saturated rings. The van der Waals surface area contributed by atoms with Crippen molar-refractivity contribution < 1.29 is 9.53 Å². The SMILES string of the molecule is COC(=O)NC1CCN(c2ccncc2Br)C1. The van der Waals surface area contributed by atoms with Crippen molar-refractivity contribution in [3.8, 4) is 0 Å². The number of nitrogens with one attached hydrogen (secondary N) is 1. The molecular weight excluding hydrogens is 286 g/mol. The second-order valence-electron chi connectivity index (χ2n) is 3.89. The van der Waals surface area contributed by atoms with E-state index in [1.54, 1.807) is 12.4 Å². The number of pyridine rings is 1. The summed E-state index contributed by atoms with van der Waals surface area (Å²) in [7, 11) is 1.38. The standard InChI is InChI=1S/C11H14BrN3O2/c1-17-11(16)14-8-3-5-15(7-8)10-2-4-13-6-9(10)12/h2,4,6,8H,3,5,7H2,1H3,(H,14,16). The Labute approximate surface area is 108 Å². The van der Waals surface area contributed by atoms with Crippen LogP contribution in [0.3, 0.4) is 0 Å². The lowest BCUT2D eigenvalue weighted by atomic mass is 10.3. The topological polar surface area (TPSA) is 54.5 Å². The summed E-state index contributed by atoms with van der Waals surface area (Å²) in [6.45, 7) is 1.70. The number of halogens is 1. The maximum Gasteiger partial charge on any atom is 0.407 e. The number of hydrogen-bond acceptors (Lipinski definition) is 4. The van der Waals surface area contributed by atoms with E-state index in [2.05, 4.69) is 35.9 Å². The second-order valence-corrected chi connectivity index (χ2v) is 4.75. The number of amides is 1. The number of rotatable bonds is 2. The number of methoxy groups -OCH3 is 1. The van der Waals surface area contributed by atoms with Crippen LogP contribution in [0.4, 0.5) is 10.5 Å². The van der Waals surface area contributed by atoms with Gasteiger partial charge in [-0.2, -0.15) is 0 Å². The molecular formula is C11H14BrN3O2. The Morgan fingerprint density at radius 1 is 1.71 bits per heavy atom. The highest BCUT2D eigenvalue weighted by Crippen LogP contribution is 2.27. The predicted octanol–water partition coefficient (Wildman–Crippen LogP) is 1.78. The van der Waals surface area contributed by atoms with Crippen molar-refractivity contribution >= 4 is 27.7 Å². The smallest absolute Gasteiger partial charge is 0.407 e. The van der Waals surface area contributed by atoms with E-state index in [1.807, 2.05) is 6.07 Å². The van der Waals surface area contributed by atoms with Gasteiger partial charge < -0.3 is 15.0 Å². The number of ether oxygens (including phenoxy) is 1. The molecule has 92 valence electrons. The lowest BCUT2D eigenvalue weighted by molar-refractivity contribution is 0.167. The van der Waals surface area contributed by atoms with Crippen molar-refractivity contribution in [2.24, 2.45) is 0 Å². The van der Waals surface area contributed by atoms with Crippen molar-refractivity contribution in [1.29, 1.82) is 0 Å². The van der Waals surface area contributed by atoms with Crippen LogP contribution in [0.1, 0.15) is 6.42 Å². The fourth-order valence-corrected chi connectivity index (χ4v) is 2.45. The van der Waals surface area contributed by atoms with Crippen LogP contribution < -0.4 is 10.2 Å². The van der Waals surface area contributed by atoms with Crippen molar-refractivity contribution in [3.63, 3.8) is 0 Å². The molecule has 1 unspecified atom stereocenters. The molecule has 0 spiro atoms. The molecule has 0 aromatic carbocycles. The molecule has 6 heteroatoms. The molecule has 1 atom stereocenters. The molecule has 2 rings (SSSR count). The van der Waals surface area contributed by atoms with Crippen molar-refractivity contribution in [2.75, 3.05) is 25.1 Å². The van der Waals surface area contributed by atoms with Crippen molar-refractivity contribution in [3.05, 3.63) is 22.9 Å². The molecule has 1 saturated heterocycles. The van der Waals surface area contributed by atoms with Gasteiger partial charge in [-0.3, -0.25) is 4.98 Å². The van der Waals surface area contributed by atoms with E-state index >= 15 is 0 Å². The van der Waals surface area contributed by atoms with E-state index in [9.17, 15) is 4.79 Å². The summed E-state index contributed by atoms with van der Waals surface area (Å²) in [5.41, 5.74) is 1.11. The lowest BCUT2D eigenvalue weighted by Crippen LogP contribution is -2.37. The monoisotopic (exact) mass is 299 g/mol. The van der Waals surface area contributed by atoms with Gasteiger partial charge in [-0.05, 0) is 28.4 Å². The summed E-state index contributed by atoms with van der Waals surface area (Å²) >= 11 is 3.47. The van der Waals surface area contributed by atoms with Gasteiger partial charge in [-0.15, -0.1) is 0 Å². The third-order valence-electron chi connectivity index (χ3n) is 2.79. The van der Waals surface area contributed by atoms with Gasteiger partial charge in [0.15, 0.2) is 0 Å². The molecule has 0 bridgehead atoms. The number of aromatic nitrogens is 1. The van der Waals surface area contributed by atoms with E-state index in [-0.39, 0.29) is 12.1 Å². The molecule has 2 heterocycles. The number of hydrogen-bond donors (Lipinski definition) is 1. The van der Waals surface area contributed by atoms with Gasteiger partial charge in [-0.1, -0.05) is 0 Å². The molecule has 0 aliphatic carbocycles. The summed E-state index contributed by atoms with van der Waals surface area (Å²) in [4.78, 5) is 17.4. The molecule has 1 aliphatic rings. The number of nitrogens with zero attached hydrogens (tertiary/aromatic N) is 2. The summed E-state index contributed by atoms with van der Waals surface area (Å²) in [6, 6.07) is 2.10. The van der Waals surface area contributed by atoms with Crippen LogP contribution in [0, 0.1) is 0 Å². The highest BCUT2D eigenvalue weighted by atomic mass is 79.9. The first kappa shape index (κ1) is 12.2. The Morgan fingerprint density at radius 3 is 3.24 bits per heavy atom. The molecule has 1 aliphatic heterocycles. The zero-order valence-corrected chi connectivity index (χ0v) is 11.1. The Balaban J connectivity index is 1.98. The molecule has 1 amide bonds. The Hall–Kier alpha value is -1.30. The average molecular weight is 300 g/mol. The maximum atomic E-state index is 11.1. The van der Waals surface area contributed by atoms with Crippen molar-refractivity contribution in [1.82, 2.24) is 10.3 Å². The normalized spacial score (nSPS) is 19.2. The molecule has 1 aromatic heterocycles. The van der Waals surface area contributed by atoms with Gasteiger partial charge in [0.25, 0.3) is 0 Å². The number of anilines is 1. The van der Waals surface area contributed by atoms with E-state index in [4.69, 9.17) is 0 Å². The minimum absolute atomic E-state index is 0.141. The first-order valence-electron chi connectivity index (χ1n) is 5.39. The molecule has 17 heavy (non-hydrogen) atoms. The largest absolute Gasteiger partial charge is 0.453 e. The van der Waals surface area contributed by atoms with E-state index < -0.39 is 0 Å². The Morgan fingerprint density at radius 2 is 2.53 bits per heavy atom. The first-order valence-corrected chi connectivity index (χ1v) is 6.19. The number of carbonyl (C=O) groups excluding carboxylic acids is 1. The Bertz CT molecular complexity index is 413. The molecule has 0 radical (unpaired) electrons. The van der Waals surface area contributed by atoms with Crippen LogP contribution in [0.2, 0.25) is 0 Å². The van der Waals surface area contributed by atoms with Gasteiger partial charge in [0, 0.05) is 25.5 Å². The third kappa shape index (κ3) is 2.88. The maximum absolute atomic E-state index is 11.1. The average Bonchev–Trinajstić information content (AvgIpc) is 2.78. The lowest BCUT2D eigenvalue weighted by Gasteiger charge is -2.19. The van der Waals surface area contributed by atoms with E-state index in [0.29, 0.717) is 0 Å². The summed E-state index contributed by atoms with van der Waals surface area (Å²) in [6.07, 6.45) is 4.09. The van der Waals surface area contributed by atoms with Crippen LogP contribution in [-0.2, 0) is 4.74 Å². The highest BCUT2D eigenvalue weighted by molar-refractivity contribution is 9.10. The fraction of sp³-hybridized carbons (Fsp3) is 0.455. The third-order valence-corrected chi connectivity index (χ3v) is 3.40. The Kier molecular flexibility index (Phi) is 3.83. The van der Waals surface area contributed by atoms with Crippen LogP contribution in [0.25, 0.3) is 0 Å². The zero-order valence-electron chi connectivity index (χ0n) is 9.52. The van der Waals surface area contributed by atoms with Crippen LogP contribution >= 0.6 is 15.9 Å². The molecule has 1 N–H and O–H groups in total. The molecule has 5 nitrogen and oxygen atoms in total. The number of carbonyl (C=O) groups is 1. The van der Waals surface area contributed by atoms with Crippen LogP contribution in [0.15, 0.2) is 22.9 Å². The zero-order chi connectivity index (χ0) is 12.3. The summed E-state index contributed by atoms with van der Waals surface area (Å²) in [5.74, 6) is 0. The van der Waals surface area contributed by atoms with Gasteiger partial charge >= 0.3 is 6.09 Å². The van der Waals surface area contributed by atoms with Crippen LogP contribution in [0.5, 0.6) is 0 Å². The van der Waals surface area contributed by atoms with E-state index in [0.717, 1.165) is 29.7 Å². The molecule has 0 saturated carbocycles. The first-order chi connectivity index (χ1) is 8.20. The fourth-order valence-electron chi connectivity index (χ4n) is 1.95. The van der Waals surface area contributed by atoms with Gasteiger partial charge in [0.2, 0.25) is 0 Å². The number of alkyl carbamates (subject to hydrolysis) is 1. The summed E-state index contributed by atoms with van der Waals surface area (Å²) < 4.78 is 5.56. The summed E-state index contributed by atoms with van der Waals surface area (Å²) in [5, 5.41) is 2.81. The van der Waals surface area contributed by atoms with Gasteiger partial charge in [0.05, 0.1) is 23.3 Å². The van der Waals surface area contributed by atoms with Crippen LogP contribution in [-0.4, -0.2) is 37.3 Å². The van der Waals surface area contributed by atoms with Gasteiger partial charge in [0.1, 0.15) is 0 Å². The minimum atomic E-state index is -0.370. The molecule has 1 aromatic rings. The second kappa shape index (κ2) is 5.35. The quantitative estimate of drug-likeness (QED) is 0.904.